The Balaban J connectivity index is 2.35. The second kappa shape index (κ2) is 6.58. The molecular weight excluding hydrogens is 289 g/mol. The first-order valence-electron chi connectivity index (χ1n) is 7.14. The fourth-order valence-electron chi connectivity index (χ4n) is 2.43. The lowest BCUT2D eigenvalue weighted by atomic mass is 10.1. The summed E-state index contributed by atoms with van der Waals surface area (Å²) in [5, 5.41) is 8.22. The van der Waals surface area contributed by atoms with Gasteiger partial charge in [0.25, 0.3) is 0 Å². The van der Waals surface area contributed by atoms with Crippen molar-refractivity contribution in [2.45, 2.75) is 40.2 Å². The standard InChI is InChI=1S/C16H21ClFN3/c1-10(2)19-9-8-13-11(3)20-21(12(13)4)16-14(17)6-5-7-15(16)18/h5-7,10,19H,8-9H2,1-4H3. The lowest BCUT2D eigenvalue weighted by molar-refractivity contribution is 0.589. The van der Waals surface area contributed by atoms with Crippen LogP contribution in [0, 0.1) is 19.7 Å². The van der Waals surface area contributed by atoms with E-state index in [1.165, 1.54) is 6.07 Å². The molecule has 0 spiro atoms. The normalized spacial score (nSPS) is 11.4. The first-order valence-corrected chi connectivity index (χ1v) is 7.52. The molecule has 21 heavy (non-hydrogen) atoms. The van der Waals surface area contributed by atoms with E-state index in [-0.39, 0.29) is 5.82 Å². The Hall–Kier alpha value is -1.39. The molecule has 0 atom stereocenters. The molecule has 0 unspecified atom stereocenters. The Morgan fingerprint density at radius 1 is 1.33 bits per heavy atom. The van der Waals surface area contributed by atoms with Crippen LogP contribution < -0.4 is 5.32 Å². The maximum absolute atomic E-state index is 14.1. The van der Waals surface area contributed by atoms with Crippen molar-refractivity contribution in [1.29, 1.82) is 0 Å². The molecule has 1 heterocycles. The maximum Gasteiger partial charge on any atom is 0.150 e. The highest BCUT2D eigenvalue weighted by Gasteiger charge is 2.17. The Kier molecular flexibility index (Phi) is 5.01. The zero-order valence-electron chi connectivity index (χ0n) is 12.9. The van der Waals surface area contributed by atoms with Crippen molar-refractivity contribution < 1.29 is 4.39 Å². The molecule has 3 nitrogen and oxygen atoms in total. The van der Waals surface area contributed by atoms with Gasteiger partial charge in [-0.3, -0.25) is 0 Å². The van der Waals surface area contributed by atoms with Crippen LogP contribution in [-0.2, 0) is 6.42 Å². The van der Waals surface area contributed by atoms with Crippen LogP contribution in [0.5, 0.6) is 0 Å². The van der Waals surface area contributed by atoms with Gasteiger partial charge in [0.2, 0.25) is 0 Å². The molecule has 114 valence electrons. The minimum absolute atomic E-state index is 0.322. The fourth-order valence-corrected chi connectivity index (χ4v) is 2.67. The number of para-hydroxylation sites is 1. The first-order chi connectivity index (χ1) is 9.91. The van der Waals surface area contributed by atoms with Gasteiger partial charge in [0, 0.05) is 11.7 Å². The highest BCUT2D eigenvalue weighted by molar-refractivity contribution is 6.32. The molecule has 0 saturated heterocycles. The summed E-state index contributed by atoms with van der Waals surface area (Å²) in [6.45, 7) is 9.00. The molecule has 0 radical (unpaired) electrons. The highest BCUT2D eigenvalue weighted by atomic mass is 35.5. The molecule has 0 aliphatic heterocycles. The number of benzene rings is 1. The zero-order valence-corrected chi connectivity index (χ0v) is 13.6. The smallest absolute Gasteiger partial charge is 0.150 e. The quantitative estimate of drug-likeness (QED) is 0.910. The van der Waals surface area contributed by atoms with Crippen LogP contribution in [0.3, 0.4) is 0 Å². The molecule has 1 aromatic heterocycles. The zero-order chi connectivity index (χ0) is 15.6. The van der Waals surface area contributed by atoms with Gasteiger partial charge in [-0.1, -0.05) is 31.5 Å². The minimum atomic E-state index is -0.361. The summed E-state index contributed by atoms with van der Waals surface area (Å²) < 4.78 is 15.7. The third-order valence-corrected chi connectivity index (χ3v) is 3.82. The van der Waals surface area contributed by atoms with E-state index in [9.17, 15) is 4.39 Å². The first kappa shape index (κ1) is 16.0. The van der Waals surface area contributed by atoms with Gasteiger partial charge >= 0.3 is 0 Å². The van der Waals surface area contributed by atoms with Crippen LogP contribution >= 0.6 is 11.6 Å². The molecule has 0 amide bonds. The molecule has 1 aromatic carbocycles. The highest BCUT2D eigenvalue weighted by Crippen LogP contribution is 2.26. The molecule has 0 aliphatic rings. The summed E-state index contributed by atoms with van der Waals surface area (Å²) in [6.07, 6.45) is 0.863. The van der Waals surface area contributed by atoms with Crippen molar-refractivity contribution in [1.82, 2.24) is 15.1 Å². The van der Waals surface area contributed by atoms with Crippen LogP contribution in [-0.4, -0.2) is 22.4 Å². The van der Waals surface area contributed by atoms with Gasteiger partial charge in [0.1, 0.15) is 11.5 Å². The van der Waals surface area contributed by atoms with Crippen molar-refractivity contribution in [3.05, 3.63) is 46.0 Å². The van der Waals surface area contributed by atoms with E-state index in [2.05, 4.69) is 24.3 Å². The van der Waals surface area contributed by atoms with E-state index < -0.39 is 0 Å². The monoisotopic (exact) mass is 309 g/mol. The predicted octanol–water partition coefficient (Wildman–Crippen LogP) is 3.82. The number of hydrogen-bond acceptors (Lipinski definition) is 2. The topological polar surface area (TPSA) is 29.9 Å². The van der Waals surface area contributed by atoms with Gasteiger partial charge in [-0.25, -0.2) is 9.07 Å². The molecular formula is C16H21ClFN3. The van der Waals surface area contributed by atoms with E-state index in [4.69, 9.17) is 11.6 Å². The third-order valence-electron chi connectivity index (χ3n) is 3.52. The molecule has 0 aliphatic carbocycles. The molecule has 0 fully saturated rings. The van der Waals surface area contributed by atoms with Crippen molar-refractivity contribution in [3.8, 4) is 5.69 Å². The molecule has 2 aromatic rings. The van der Waals surface area contributed by atoms with Crippen LogP contribution in [0.2, 0.25) is 5.02 Å². The molecule has 1 N–H and O–H groups in total. The van der Waals surface area contributed by atoms with E-state index in [1.807, 2.05) is 13.8 Å². The van der Waals surface area contributed by atoms with Gasteiger partial charge in [-0.05, 0) is 44.5 Å². The van der Waals surface area contributed by atoms with E-state index in [0.717, 1.165) is 29.9 Å². The average Bonchev–Trinajstić information content (AvgIpc) is 2.66. The summed E-state index contributed by atoms with van der Waals surface area (Å²) in [7, 11) is 0. The summed E-state index contributed by atoms with van der Waals surface area (Å²) in [5.41, 5.74) is 3.31. The number of rotatable bonds is 5. The Labute approximate surface area is 130 Å². The Bertz CT molecular complexity index is 614. The minimum Gasteiger partial charge on any atom is -0.314 e. The largest absolute Gasteiger partial charge is 0.314 e. The third kappa shape index (κ3) is 3.44. The van der Waals surface area contributed by atoms with Crippen LogP contribution in [0.15, 0.2) is 18.2 Å². The number of halogens is 2. The molecule has 2 rings (SSSR count). The van der Waals surface area contributed by atoms with Crippen molar-refractivity contribution in [2.75, 3.05) is 6.54 Å². The van der Waals surface area contributed by atoms with Gasteiger partial charge in [0.15, 0.2) is 0 Å². The second-order valence-corrected chi connectivity index (χ2v) is 5.90. The number of aryl methyl sites for hydroxylation is 1. The van der Waals surface area contributed by atoms with E-state index >= 15 is 0 Å². The molecule has 0 saturated carbocycles. The number of nitrogens with one attached hydrogen (secondary N) is 1. The lowest BCUT2D eigenvalue weighted by Gasteiger charge is -2.10. The van der Waals surface area contributed by atoms with Gasteiger partial charge in [-0.2, -0.15) is 5.10 Å². The maximum atomic E-state index is 14.1. The van der Waals surface area contributed by atoms with E-state index in [1.54, 1.807) is 16.8 Å². The lowest BCUT2D eigenvalue weighted by Crippen LogP contribution is -2.25. The fraction of sp³-hybridized carbons (Fsp3) is 0.438. The van der Waals surface area contributed by atoms with E-state index in [0.29, 0.717) is 16.8 Å². The van der Waals surface area contributed by atoms with Crippen LogP contribution in [0.25, 0.3) is 5.69 Å². The summed E-state index contributed by atoms with van der Waals surface area (Å²) in [4.78, 5) is 0. The van der Waals surface area contributed by atoms with Crippen LogP contribution in [0.1, 0.15) is 30.8 Å². The number of aromatic nitrogens is 2. The molecule has 5 heteroatoms. The van der Waals surface area contributed by atoms with Gasteiger partial charge in [-0.15, -0.1) is 0 Å². The number of hydrogen-bond donors (Lipinski definition) is 1. The van der Waals surface area contributed by atoms with Crippen molar-refractivity contribution in [2.24, 2.45) is 0 Å². The Morgan fingerprint density at radius 3 is 2.67 bits per heavy atom. The Morgan fingerprint density at radius 2 is 2.05 bits per heavy atom. The van der Waals surface area contributed by atoms with Crippen molar-refractivity contribution in [3.63, 3.8) is 0 Å². The van der Waals surface area contributed by atoms with Crippen molar-refractivity contribution >= 4 is 11.6 Å². The second-order valence-electron chi connectivity index (χ2n) is 5.49. The average molecular weight is 310 g/mol. The summed E-state index contributed by atoms with van der Waals surface area (Å²) in [6, 6.07) is 5.12. The van der Waals surface area contributed by atoms with Gasteiger partial charge in [0.05, 0.1) is 10.7 Å². The van der Waals surface area contributed by atoms with Crippen LogP contribution in [0.4, 0.5) is 4.39 Å². The summed E-state index contributed by atoms with van der Waals surface area (Å²) in [5.74, 6) is -0.361. The number of nitrogens with zero attached hydrogens (tertiary/aromatic N) is 2. The van der Waals surface area contributed by atoms with Gasteiger partial charge < -0.3 is 5.32 Å². The predicted molar refractivity (Wildman–Crippen MR) is 84.8 cm³/mol. The molecule has 0 bridgehead atoms. The SMILES string of the molecule is Cc1nn(-c2c(F)cccc2Cl)c(C)c1CCNC(C)C. The summed E-state index contributed by atoms with van der Waals surface area (Å²) >= 11 is 6.13.